The van der Waals surface area contributed by atoms with E-state index in [1.165, 1.54) is 21.3 Å². The Morgan fingerprint density at radius 1 is 1.18 bits per heavy atom. The molecule has 0 unspecified atom stereocenters. The van der Waals surface area contributed by atoms with Crippen LogP contribution in [0.25, 0.3) is 0 Å². The first-order valence-electron chi connectivity index (χ1n) is 4.88. The fourth-order valence-corrected chi connectivity index (χ4v) is 1.42. The molecular weight excluding hydrogens is 226 g/mol. The summed E-state index contributed by atoms with van der Waals surface area (Å²) in [6.07, 6.45) is -1.08. The normalized spacial score (nSPS) is 9.59. The molecule has 0 saturated carbocycles. The van der Waals surface area contributed by atoms with Crippen molar-refractivity contribution >= 4 is 6.09 Å². The quantitative estimate of drug-likeness (QED) is 0.816. The van der Waals surface area contributed by atoms with Crippen LogP contribution in [0.3, 0.4) is 0 Å². The van der Waals surface area contributed by atoms with Crippen LogP contribution in [0.15, 0.2) is 12.1 Å². The van der Waals surface area contributed by atoms with E-state index in [2.05, 4.69) is 5.32 Å². The zero-order valence-corrected chi connectivity index (χ0v) is 9.94. The highest BCUT2D eigenvalue weighted by Gasteiger charge is 2.13. The van der Waals surface area contributed by atoms with Crippen molar-refractivity contribution in [2.45, 2.75) is 6.54 Å². The Hall–Kier alpha value is -2.11. The molecule has 94 valence electrons. The summed E-state index contributed by atoms with van der Waals surface area (Å²) in [7, 11) is 4.52. The summed E-state index contributed by atoms with van der Waals surface area (Å²) < 4.78 is 15.4. The lowest BCUT2D eigenvalue weighted by Crippen LogP contribution is -2.20. The van der Waals surface area contributed by atoms with Gasteiger partial charge in [0, 0.05) is 6.54 Å². The summed E-state index contributed by atoms with van der Waals surface area (Å²) in [5.74, 6) is 1.47. The van der Waals surface area contributed by atoms with E-state index >= 15 is 0 Å². The monoisotopic (exact) mass is 241 g/mol. The number of carbonyl (C=O) groups is 1. The summed E-state index contributed by atoms with van der Waals surface area (Å²) in [4.78, 5) is 10.4. The second-order valence-electron chi connectivity index (χ2n) is 3.19. The van der Waals surface area contributed by atoms with E-state index in [1.54, 1.807) is 12.1 Å². The van der Waals surface area contributed by atoms with E-state index in [4.69, 9.17) is 19.3 Å². The fraction of sp³-hybridized carbons (Fsp3) is 0.364. The minimum absolute atomic E-state index is 0.173. The van der Waals surface area contributed by atoms with Crippen molar-refractivity contribution in [2.24, 2.45) is 0 Å². The smallest absolute Gasteiger partial charge is 0.404 e. The minimum Gasteiger partial charge on any atom is -0.493 e. The molecular formula is C11H15NO5. The number of carboxylic acid groups (broad SMARTS) is 1. The zero-order valence-electron chi connectivity index (χ0n) is 9.94. The molecule has 0 radical (unpaired) electrons. The van der Waals surface area contributed by atoms with Crippen molar-refractivity contribution in [1.29, 1.82) is 0 Å². The highest BCUT2D eigenvalue weighted by atomic mass is 16.5. The van der Waals surface area contributed by atoms with Crippen molar-refractivity contribution in [2.75, 3.05) is 21.3 Å². The first kappa shape index (κ1) is 13.0. The average molecular weight is 241 g/mol. The Morgan fingerprint density at radius 3 is 2.06 bits per heavy atom. The Labute approximate surface area is 99.1 Å². The summed E-state index contributed by atoms with van der Waals surface area (Å²) >= 11 is 0. The van der Waals surface area contributed by atoms with Crippen LogP contribution in [-0.2, 0) is 6.54 Å². The molecule has 0 atom stereocenters. The molecule has 0 aliphatic heterocycles. The lowest BCUT2D eigenvalue weighted by Gasteiger charge is -2.13. The maximum Gasteiger partial charge on any atom is 0.404 e. The number of methoxy groups -OCH3 is 3. The van der Waals surface area contributed by atoms with Crippen LogP contribution in [-0.4, -0.2) is 32.5 Å². The van der Waals surface area contributed by atoms with Gasteiger partial charge in [-0.25, -0.2) is 4.79 Å². The highest BCUT2D eigenvalue weighted by Crippen LogP contribution is 2.38. The van der Waals surface area contributed by atoms with Crippen LogP contribution in [0, 0.1) is 0 Å². The van der Waals surface area contributed by atoms with Gasteiger partial charge in [0.2, 0.25) is 5.75 Å². The van der Waals surface area contributed by atoms with E-state index in [0.717, 1.165) is 5.56 Å². The van der Waals surface area contributed by atoms with Gasteiger partial charge in [0.1, 0.15) is 0 Å². The predicted octanol–water partition coefficient (Wildman–Crippen LogP) is 1.48. The van der Waals surface area contributed by atoms with Crippen LogP contribution in [0.5, 0.6) is 17.2 Å². The predicted molar refractivity (Wildman–Crippen MR) is 61.0 cm³/mol. The molecule has 0 aliphatic carbocycles. The molecule has 0 spiro atoms. The van der Waals surface area contributed by atoms with Crippen LogP contribution in [0.4, 0.5) is 4.79 Å². The van der Waals surface area contributed by atoms with Gasteiger partial charge in [-0.3, -0.25) is 0 Å². The molecule has 0 fully saturated rings. The second kappa shape index (κ2) is 5.83. The zero-order chi connectivity index (χ0) is 12.8. The second-order valence-corrected chi connectivity index (χ2v) is 3.19. The molecule has 0 bridgehead atoms. The number of rotatable bonds is 5. The molecule has 0 saturated heterocycles. The van der Waals surface area contributed by atoms with Gasteiger partial charge in [0.15, 0.2) is 11.5 Å². The van der Waals surface area contributed by atoms with Gasteiger partial charge in [0.25, 0.3) is 0 Å². The van der Waals surface area contributed by atoms with Crippen molar-refractivity contribution in [3.63, 3.8) is 0 Å². The van der Waals surface area contributed by atoms with Gasteiger partial charge in [-0.05, 0) is 17.7 Å². The number of hydrogen-bond donors (Lipinski definition) is 2. The lowest BCUT2D eigenvalue weighted by atomic mass is 10.2. The SMILES string of the molecule is COc1cc(CNC(=O)O)cc(OC)c1OC. The van der Waals surface area contributed by atoms with Crippen LogP contribution in [0.1, 0.15) is 5.56 Å². The fourth-order valence-electron chi connectivity index (χ4n) is 1.42. The molecule has 6 heteroatoms. The Morgan fingerprint density at radius 2 is 1.71 bits per heavy atom. The number of ether oxygens (including phenoxy) is 3. The van der Waals surface area contributed by atoms with Gasteiger partial charge < -0.3 is 24.6 Å². The standard InChI is InChI=1S/C11H15NO5/c1-15-8-4-7(6-12-11(13)14)5-9(16-2)10(8)17-3/h4-5,12H,6H2,1-3H3,(H,13,14). The molecule has 1 aromatic carbocycles. The van der Waals surface area contributed by atoms with Crippen molar-refractivity contribution in [3.05, 3.63) is 17.7 Å². The van der Waals surface area contributed by atoms with Crippen LogP contribution in [0.2, 0.25) is 0 Å². The third-order valence-corrected chi connectivity index (χ3v) is 2.17. The maximum absolute atomic E-state index is 10.4. The topological polar surface area (TPSA) is 77.0 Å². The summed E-state index contributed by atoms with van der Waals surface area (Å²) in [5, 5.41) is 10.8. The molecule has 0 aliphatic rings. The van der Waals surface area contributed by atoms with Crippen molar-refractivity contribution < 1.29 is 24.1 Å². The molecule has 0 aromatic heterocycles. The number of nitrogens with one attached hydrogen (secondary N) is 1. The molecule has 2 N–H and O–H groups in total. The molecule has 0 heterocycles. The van der Waals surface area contributed by atoms with Crippen LogP contribution < -0.4 is 19.5 Å². The third-order valence-electron chi connectivity index (χ3n) is 2.17. The van der Waals surface area contributed by atoms with Gasteiger partial charge in [-0.2, -0.15) is 0 Å². The number of amides is 1. The average Bonchev–Trinajstić information content (AvgIpc) is 2.34. The number of benzene rings is 1. The minimum atomic E-state index is -1.08. The molecule has 1 amide bonds. The van der Waals surface area contributed by atoms with Gasteiger partial charge >= 0.3 is 6.09 Å². The molecule has 1 aromatic rings. The molecule has 1 rings (SSSR count). The lowest BCUT2D eigenvalue weighted by molar-refractivity contribution is 0.194. The largest absolute Gasteiger partial charge is 0.493 e. The van der Waals surface area contributed by atoms with Crippen LogP contribution >= 0.6 is 0 Å². The van der Waals surface area contributed by atoms with Gasteiger partial charge in [-0.1, -0.05) is 0 Å². The third kappa shape index (κ3) is 3.17. The molecule has 6 nitrogen and oxygen atoms in total. The molecule has 17 heavy (non-hydrogen) atoms. The Balaban J connectivity index is 3.04. The van der Waals surface area contributed by atoms with E-state index in [0.29, 0.717) is 17.2 Å². The number of hydrogen-bond acceptors (Lipinski definition) is 4. The Kier molecular flexibility index (Phi) is 4.45. The van der Waals surface area contributed by atoms with Gasteiger partial charge in [0.05, 0.1) is 21.3 Å². The first-order valence-corrected chi connectivity index (χ1v) is 4.88. The van der Waals surface area contributed by atoms with E-state index in [1.807, 2.05) is 0 Å². The van der Waals surface area contributed by atoms with E-state index < -0.39 is 6.09 Å². The van der Waals surface area contributed by atoms with E-state index in [-0.39, 0.29) is 6.54 Å². The van der Waals surface area contributed by atoms with Crippen molar-refractivity contribution in [1.82, 2.24) is 5.32 Å². The highest BCUT2D eigenvalue weighted by molar-refractivity contribution is 5.64. The summed E-state index contributed by atoms with van der Waals surface area (Å²) in [6, 6.07) is 3.38. The maximum atomic E-state index is 10.4. The summed E-state index contributed by atoms with van der Waals surface area (Å²) in [6.45, 7) is 0.173. The Bertz CT molecular complexity index is 380. The van der Waals surface area contributed by atoms with Crippen molar-refractivity contribution in [3.8, 4) is 17.2 Å². The summed E-state index contributed by atoms with van der Waals surface area (Å²) in [5.41, 5.74) is 0.724. The first-order chi connectivity index (χ1) is 8.12. The van der Waals surface area contributed by atoms with Gasteiger partial charge in [-0.15, -0.1) is 0 Å². The van der Waals surface area contributed by atoms with E-state index in [9.17, 15) is 4.79 Å².